The molecule has 0 N–H and O–H groups in total. The third-order valence-corrected chi connectivity index (χ3v) is 13.5. The first kappa shape index (κ1) is 26.8. The van der Waals surface area contributed by atoms with Gasteiger partial charge in [0.05, 0.1) is 11.0 Å². The fraction of sp³-hybridized carbons (Fsp3) is 0.208. The summed E-state index contributed by atoms with van der Waals surface area (Å²) in [7, 11) is 0. The first-order valence-electron chi connectivity index (χ1n) is 18.4. The van der Waals surface area contributed by atoms with Crippen molar-refractivity contribution in [3.8, 4) is 27.9 Å². The van der Waals surface area contributed by atoms with Crippen LogP contribution in [0.2, 0.25) is 0 Å². The van der Waals surface area contributed by atoms with E-state index >= 15 is 0 Å². The van der Waals surface area contributed by atoms with E-state index in [1.54, 1.807) is 11.1 Å². The maximum absolute atomic E-state index is 2.68. The standard InChI is InChI=1S/C48H37N/c1-2-8-31(9-3-1)35-15-14-32-16-17-39(26-36(32)25-35)49-45-28-34-11-5-4-10-33(34)27-43(45)42-19-18-41-40-12-6-7-13-44(40)48(46(41)47(42)49)37-21-29-20-30(23-37)24-38(48)22-29/h1-19,25-30,37-38H,20-24H2. The van der Waals surface area contributed by atoms with Gasteiger partial charge in [-0.3, -0.25) is 0 Å². The van der Waals surface area contributed by atoms with Crippen molar-refractivity contribution in [1.29, 1.82) is 0 Å². The van der Waals surface area contributed by atoms with Gasteiger partial charge in [-0.2, -0.15) is 0 Å². The Balaban J connectivity index is 1.21. The summed E-state index contributed by atoms with van der Waals surface area (Å²) >= 11 is 0. The number of nitrogens with zero attached hydrogens (tertiary/aromatic N) is 1. The predicted molar refractivity (Wildman–Crippen MR) is 204 cm³/mol. The highest BCUT2D eigenvalue weighted by Gasteiger charge is 2.62. The Morgan fingerprint density at radius 1 is 0.469 bits per heavy atom. The van der Waals surface area contributed by atoms with E-state index < -0.39 is 0 Å². The van der Waals surface area contributed by atoms with Gasteiger partial charge in [0, 0.05) is 21.9 Å². The highest BCUT2D eigenvalue weighted by atomic mass is 15.0. The summed E-state index contributed by atoms with van der Waals surface area (Å²) in [5, 5.41) is 7.95. The second-order valence-corrected chi connectivity index (χ2v) is 15.8. The topological polar surface area (TPSA) is 4.93 Å². The smallest absolute Gasteiger partial charge is 0.0588 e. The molecule has 5 aliphatic rings. The van der Waals surface area contributed by atoms with E-state index in [1.165, 1.54) is 103 Å². The second-order valence-electron chi connectivity index (χ2n) is 15.8. The van der Waals surface area contributed by atoms with E-state index in [1.807, 2.05) is 0 Å². The Morgan fingerprint density at radius 3 is 2.00 bits per heavy atom. The van der Waals surface area contributed by atoms with E-state index in [0.717, 1.165) is 11.8 Å². The van der Waals surface area contributed by atoms with Gasteiger partial charge in [-0.1, -0.05) is 109 Å². The van der Waals surface area contributed by atoms with Gasteiger partial charge in [0.25, 0.3) is 0 Å². The Bertz CT molecular complexity index is 2650. The fourth-order valence-electron chi connectivity index (χ4n) is 11.9. The molecule has 1 nitrogen and oxygen atoms in total. The van der Waals surface area contributed by atoms with Crippen molar-refractivity contribution in [2.45, 2.75) is 37.5 Å². The molecule has 1 spiro atoms. The summed E-state index contributed by atoms with van der Waals surface area (Å²) in [5.74, 6) is 3.26. The number of hydrogen-bond acceptors (Lipinski definition) is 0. The monoisotopic (exact) mass is 627 g/mol. The van der Waals surface area contributed by atoms with Crippen LogP contribution in [0.4, 0.5) is 0 Å². The van der Waals surface area contributed by atoms with Crippen LogP contribution in [0, 0.1) is 23.7 Å². The third kappa shape index (κ3) is 3.46. The molecule has 1 aromatic heterocycles. The lowest BCUT2D eigenvalue weighted by Crippen LogP contribution is -2.55. The number of rotatable bonds is 2. The van der Waals surface area contributed by atoms with Crippen LogP contribution in [0.25, 0.3) is 71.3 Å². The molecule has 0 radical (unpaired) electrons. The summed E-state index contributed by atoms with van der Waals surface area (Å²) in [6, 6.07) is 53.3. The summed E-state index contributed by atoms with van der Waals surface area (Å²) < 4.78 is 2.68. The number of aromatic nitrogens is 1. The van der Waals surface area contributed by atoms with Crippen molar-refractivity contribution in [3.63, 3.8) is 0 Å². The summed E-state index contributed by atoms with van der Waals surface area (Å²) in [4.78, 5) is 0. The van der Waals surface area contributed by atoms with E-state index in [2.05, 4.69) is 144 Å². The first-order chi connectivity index (χ1) is 24.2. The SMILES string of the molecule is c1ccc(-c2ccc3ccc(-n4c5cc6ccccc6cc5c5ccc6c(c54)C4(c5ccccc5-6)C5CC6CC(C5)CC4C6)cc3c2)cc1. The zero-order chi connectivity index (χ0) is 31.8. The molecule has 13 rings (SSSR count). The van der Waals surface area contributed by atoms with Crippen LogP contribution in [0.3, 0.4) is 0 Å². The highest BCUT2D eigenvalue weighted by molar-refractivity contribution is 6.16. The molecule has 0 aliphatic heterocycles. The molecule has 234 valence electrons. The largest absolute Gasteiger partial charge is 0.309 e. The van der Waals surface area contributed by atoms with Crippen LogP contribution in [0.5, 0.6) is 0 Å². The number of fused-ring (bicyclic) bond motifs is 9. The van der Waals surface area contributed by atoms with Crippen molar-refractivity contribution >= 4 is 43.4 Å². The van der Waals surface area contributed by atoms with Gasteiger partial charge in [-0.15, -0.1) is 0 Å². The molecule has 49 heavy (non-hydrogen) atoms. The maximum atomic E-state index is 2.68. The van der Waals surface area contributed by atoms with Crippen LogP contribution >= 0.6 is 0 Å². The van der Waals surface area contributed by atoms with Crippen molar-refractivity contribution in [1.82, 2.24) is 4.57 Å². The molecule has 7 aromatic carbocycles. The van der Waals surface area contributed by atoms with Crippen LogP contribution in [-0.2, 0) is 5.41 Å². The van der Waals surface area contributed by atoms with E-state index in [0.29, 0.717) is 11.8 Å². The number of hydrogen-bond donors (Lipinski definition) is 0. The van der Waals surface area contributed by atoms with E-state index in [4.69, 9.17) is 0 Å². The molecule has 1 heteroatoms. The Kier molecular flexibility index (Phi) is 5.20. The lowest BCUT2D eigenvalue weighted by atomic mass is 9.43. The van der Waals surface area contributed by atoms with Crippen molar-refractivity contribution in [3.05, 3.63) is 151 Å². The van der Waals surface area contributed by atoms with Crippen molar-refractivity contribution in [2.24, 2.45) is 23.7 Å². The van der Waals surface area contributed by atoms with Crippen molar-refractivity contribution < 1.29 is 0 Å². The minimum atomic E-state index is 0.0851. The van der Waals surface area contributed by atoms with Crippen LogP contribution in [0.15, 0.2) is 140 Å². The van der Waals surface area contributed by atoms with Gasteiger partial charge in [-0.25, -0.2) is 0 Å². The molecule has 0 atom stereocenters. The quantitative estimate of drug-likeness (QED) is 0.180. The molecule has 4 fully saturated rings. The summed E-state index contributed by atoms with van der Waals surface area (Å²) in [6.07, 6.45) is 7.02. The van der Waals surface area contributed by atoms with Gasteiger partial charge in [0.1, 0.15) is 0 Å². The highest BCUT2D eigenvalue weighted by Crippen LogP contribution is 2.70. The van der Waals surface area contributed by atoms with Gasteiger partial charge >= 0.3 is 0 Å². The van der Waals surface area contributed by atoms with Gasteiger partial charge in [0.15, 0.2) is 0 Å². The van der Waals surface area contributed by atoms with E-state index in [9.17, 15) is 0 Å². The molecular weight excluding hydrogens is 591 g/mol. The van der Waals surface area contributed by atoms with Crippen LogP contribution in [0.1, 0.15) is 43.2 Å². The molecule has 0 amide bonds. The third-order valence-electron chi connectivity index (χ3n) is 13.5. The molecule has 4 bridgehead atoms. The van der Waals surface area contributed by atoms with Crippen LogP contribution in [-0.4, -0.2) is 4.57 Å². The van der Waals surface area contributed by atoms with Crippen molar-refractivity contribution in [2.75, 3.05) is 0 Å². The number of benzene rings is 7. The molecule has 0 saturated heterocycles. The Hall–Kier alpha value is -5.14. The van der Waals surface area contributed by atoms with Gasteiger partial charge < -0.3 is 4.57 Å². The van der Waals surface area contributed by atoms with Crippen LogP contribution < -0.4 is 0 Å². The maximum Gasteiger partial charge on any atom is 0.0588 e. The molecule has 1 heterocycles. The Labute approximate surface area is 286 Å². The normalized spacial score (nSPS) is 24.8. The van der Waals surface area contributed by atoms with Gasteiger partial charge in [-0.05, 0) is 141 Å². The predicted octanol–water partition coefficient (Wildman–Crippen LogP) is 12.5. The summed E-state index contributed by atoms with van der Waals surface area (Å²) in [5.41, 5.74) is 12.9. The molecule has 4 saturated carbocycles. The average molecular weight is 628 g/mol. The first-order valence-corrected chi connectivity index (χ1v) is 18.4. The average Bonchev–Trinajstić information content (AvgIpc) is 3.63. The lowest BCUT2D eigenvalue weighted by molar-refractivity contribution is -0.0394. The zero-order valence-electron chi connectivity index (χ0n) is 27.6. The molecular formula is C48H37N. The lowest BCUT2D eigenvalue weighted by Gasteiger charge is -2.61. The minimum Gasteiger partial charge on any atom is -0.309 e. The van der Waals surface area contributed by atoms with E-state index in [-0.39, 0.29) is 5.41 Å². The molecule has 8 aromatic rings. The minimum absolute atomic E-state index is 0.0851. The zero-order valence-corrected chi connectivity index (χ0v) is 27.6. The molecule has 5 aliphatic carbocycles. The fourth-order valence-corrected chi connectivity index (χ4v) is 11.9. The molecule has 0 unspecified atom stereocenters. The van der Waals surface area contributed by atoms with Gasteiger partial charge in [0.2, 0.25) is 0 Å². The Morgan fingerprint density at radius 2 is 1.18 bits per heavy atom. The second kappa shape index (κ2) is 9.51. The summed E-state index contributed by atoms with van der Waals surface area (Å²) in [6.45, 7) is 0.